The maximum absolute atomic E-state index is 12.9. The lowest BCUT2D eigenvalue weighted by molar-refractivity contribution is -0.122. The lowest BCUT2D eigenvalue weighted by atomic mass is 10.2. The van der Waals surface area contributed by atoms with E-state index in [1.165, 1.54) is 24.3 Å². The Hall–Kier alpha value is -2.40. The molecule has 1 fully saturated rings. The summed E-state index contributed by atoms with van der Waals surface area (Å²) in [5.41, 5.74) is 1.95. The lowest BCUT2D eigenvalue weighted by Gasteiger charge is -2.09. The highest BCUT2D eigenvalue weighted by atomic mass is 35.5. The minimum absolute atomic E-state index is 0.195. The molecule has 2 atom stereocenters. The van der Waals surface area contributed by atoms with Crippen molar-refractivity contribution in [3.05, 3.63) is 58.9 Å². The van der Waals surface area contributed by atoms with Crippen LogP contribution in [0.4, 0.5) is 15.8 Å². The van der Waals surface area contributed by atoms with E-state index in [2.05, 4.69) is 10.6 Å². The van der Waals surface area contributed by atoms with Crippen LogP contribution in [0.1, 0.15) is 12.0 Å². The third kappa shape index (κ3) is 3.57. The molecule has 2 aromatic carbocycles. The zero-order chi connectivity index (χ0) is 17.3. The summed E-state index contributed by atoms with van der Waals surface area (Å²) in [6.07, 6.45) is 0.498. The number of halogens is 2. The van der Waals surface area contributed by atoms with E-state index >= 15 is 0 Å². The van der Waals surface area contributed by atoms with Gasteiger partial charge >= 0.3 is 0 Å². The molecule has 0 spiro atoms. The lowest BCUT2D eigenvalue weighted by Crippen LogP contribution is -2.20. The Morgan fingerprint density at radius 2 is 1.67 bits per heavy atom. The Labute approximate surface area is 144 Å². The first-order valence-corrected chi connectivity index (χ1v) is 7.96. The Morgan fingerprint density at radius 1 is 1.04 bits per heavy atom. The molecule has 3 rings (SSSR count). The fraction of sp³-hybridized carbons (Fsp3) is 0.222. The van der Waals surface area contributed by atoms with E-state index in [0.717, 1.165) is 5.56 Å². The van der Waals surface area contributed by atoms with Gasteiger partial charge in [0.2, 0.25) is 11.8 Å². The van der Waals surface area contributed by atoms with Crippen molar-refractivity contribution in [1.82, 2.24) is 0 Å². The molecule has 0 heterocycles. The fourth-order valence-electron chi connectivity index (χ4n) is 2.51. The molecule has 2 aromatic rings. The highest BCUT2D eigenvalue weighted by Crippen LogP contribution is 2.40. The van der Waals surface area contributed by atoms with Crippen molar-refractivity contribution in [2.45, 2.75) is 13.3 Å². The van der Waals surface area contributed by atoms with Crippen LogP contribution in [-0.2, 0) is 9.59 Å². The van der Waals surface area contributed by atoms with Gasteiger partial charge in [0.25, 0.3) is 0 Å². The maximum Gasteiger partial charge on any atom is 0.228 e. The number of anilines is 2. The van der Waals surface area contributed by atoms with Crippen LogP contribution in [0.2, 0.25) is 5.02 Å². The van der Waals surface area contributed by atoms with Crippen molar-refractivity contribution in [2.75, 3.05) is 10.6 Å². The van der Waals surface area contributed by atoms with Crippen LogP contribution >= 0.6 is 11.6 Å². The number of carbonyl (C=O) groups excluding carboxylic acids is 2. The van der Waals surface area contributed by atoms with E-state index in [9.17, 15) is 14.0 Å². The average molecular weight is 347 g/mol. The van der Waals surface area contributed by atoms with E-state index in [4.69, 9.17) is 11.6 Å². The number of nitrogens with one attached hydrogen (secondary N) is 2. The predicted molar refractivity (Wildman–Crippen MR) is 91.4 cm³/mol. The van der Waals surface area contributed by atoms with Gasteiger partial charge < -0.3 is 10.6 Å². The van der Waals surface area contributed by atoms with E-state index in [1.54, 1.807) is 18.2 Å². The molecule has 0 radical (unpaired) electrons. The molecule has 2 unspecified atom stereocenters. The first-order chi connectivity index (χ1) is 11.5. The second-order valence-corrected chi connectivity index (χ2v) is 6.25. The molecule has 6 heteroatoms. The number of rotatable bonds is 4. The second-order valence-electron chi connectivity index (χ2n) is 5.85. The van der Waals surface area contributed by atoms with Gasteiger partial charge in [-0.1, -0.05) is 17.7 Å². The van der Waals surface area contributed by atoms with Crippen molar-refractivity contribution >= 4 is 34.8 Å². The molecule has 0 saturated heterocycles. The van der Waals surface area contributed by atoms with Gasteiger partial charge in [-0.05, 0) is 55.3 Å². The van der Waals surface area contributed by atoms with Crippen LogP contribution in [0.5, 0.6) is 0 Å². The molecule has 0 bridgehead atoms. The van der Waals surface area contributed by atoms with Gasteiger partial charge in [0.1, 0.15) is 5.82 Å². The number of hydrogen-bond acceptors (Lipinski definition) is 2. The van der Waals surface area contributed by atoms with Gasteiger partial charge in [0, 0.05) is 16.4 Å². The molecule has 1 aliphatic carbocycles. The van der Waals surface area contributed by atoms with Gasteiger partial charge in [-0.3, -0.25) is 9.59 Å². The third-order valence-corrected chi connectivity index (χ3v) is 4.51. The summed E-state index contributed by atoms with van der Waals surface area (Å²) >= 11 is 6.03. The van der Waals surface area contributed by atoms with Crippen molar-refractivity contribution in [1.29, 1.82) is 0 Å². The molecule has 0 aliphatic heterocycles. The molecular weight excluding hydrogens is 331 g/mol. The molecule has 1 aliphatic rings. The van der Waals surface area contributed by atoms with Crippen LogP contribution in [0.15, 0.2) is 42.5 Å². The van der Waals surface area contributed by atoms with E-state index in [1.807, 2.05) is 6.92 Å². The molecule has 2 amide bonds. The van der Waals surface area contributed by atoms with E-state index in [0.29, 0.717) is 22.8 Å². The summed E-state index contributed by atoms with van der Waals surface area (Å²) in [6, 6.07) is 10.8. The Morgan fingerprint density at radius 3 is 2.33 bits per heavy atom. The molecule has 2 N–H and O–H groups in total. The van der Waals surface area contributed by atoms with Crippen LogP contribution < -0.4 is 10.6 Å². The van der Waals surface area contributed by atoms with Crippen molar-refractivity contribution < 1.29 is 14.0 Å². The minimum Gasteiger partial charge on any atom is -0.326 e. The van der Waals surface area contributed by atoms with Gasteiger partial charge in [0.05, 0.1) is 11.8 Å². The van der Waals surface area contributed by atoms with Crippen LogP contribution in [0.25, 0.3) is 0 Å². The molecule has 0 aromatic heterocycles. The molecule has 124 valence electrons. The summed E-state index contributed by atoms with van der Waals surface area (Å²) in [5, 5.41) is 6.09. The smallest absolute Gasteiger partial charge is 0.228 e. The van der Waals surface area contributed by atoms with Crippen LogP contribution in [0.3, 0.4) is 0 Å². The summed E-state index contributed by atoms with van der Waals surface area (Å²) in [5.74, 6) is -1.52. The van der Waals surface area contributed by atoms with Crippen molar-refractivity contribution in [3.8, 4) is 0 Å². The average Bonchev–Trinajstić information content (AvgIpc) is 3.35. The minimum atomic E-state index is -0.367. The Kier molecular flexibility index (Phi) is 4.53. The summed E-state index contributed by atoms with van der Waals surface area (Å²) in [4.78, 5) is 24.4. The van der Waals surface area contributed by atoms with Crippen molar-refractivity contribution in [3.63, 3.8) is 0 Å². The predicted octanol–water partition coefficient (Wildman–Crippen LogP) is 4.00. The number of hydrogen-bond donors (Lipinski definition) is 2. The van der Waals surface area contributed by atoms with Crippen LogP contribution in [0, 0.1) is 24.6 Å². The normalized spacial score (nSPS) is 18.8. The SMILES string of the molecule is Cc1c(Cl)cccc1NC(=O)C1CC1C(=O)Nc1ccc(F)cc1. The zero-order valence-electron chi connectivity index (χ0n) is 13.0. The topological polar surface area (TPSA) is 58.2 Å². The Balaban J connectivity index is 1.58. The monoisotopic (exact) mass is 346 g/mol. The molecule has 1 saturated carbocycles. The standard InChI is InChI=1S/C18H16ClFN2O2/c1-10-15(19)3-2-4-16(10)22-18(24)14-9-13(14)17(23)21-12-7-5-11(20)6-8-12/h2-8,13-14H,9H2,1H3,(H,21,23)(H,22,24). The van der Waals surface area contributed by atoms with Gasteiger partial charge in [-0.2, -0.15) is 0 Å². The molecule has 24 heavy (non-hydrogen) atoms. The van der Waals surface area contributed by atoms with Crippen molar-refractivity contribution in [2.24, 2.45) is 11.8 Å². The zero-order valence-corrected chi connectivity index (χ0v) is 13.7. The Bertz CT molecular complexity index is 792. The van der Waals surface area contributed by atoms with E-state index < -0.39 is 0 Å². The van der Waals surface area contributed by atoms with E-state index in [-0.39, 0.29) is 29.5 Å². The quantitative estimate of drug-likeness (QED) is 0.879. The summed E-state index contributed by atoms with van der Waals surface area (Å²) in [7, 11) is 0. The summed E-state index contributed by atoms with van der Waals surface area (Å²) in [6.45, 7) is 1.82. The maximum atomic E-state index is 12.9. The molecule has 4 nitrogen and oxygen atoms in total. The van der Waals surface area contributed by atoms with Gasteiger partial charge in [-0.25, -0.2) is 4.39 Å². The van der Waals surface area contributed by atoms with Gasteiger partial charge in [-0.15, -0.1) is 0 Å². The third-order valence-electron chi connectivity index (χ3n) is 4.10. The van der Waals surface area contributed by atoms with Crippen LogP contribution in [-0.4, -0.2) is 11.8 Å². The first-order valence-electron chi connectivity index (χ1n) is 7.58. The first kappa shape index (κ1) is 16.5. The molecular formula is C18H16ClFN2O2. The second kappa shape index (κ2) is 6.61. The summed E-state index contributed by atoms with van der Waals surface area (Å²) < 4.78 is 12.9. The number of amides is 2. The highest BCUT2D eigenvalue weighted by molar-refractivity contribution is 6.31. The number of carbonyl (C=O) groups is 2. The fourth-order valence-corrected chi connectivity index (χ4v) is 2.69. The number of benzene rings is 2. The van der Waals surface area contributed by atoms with Gasteiger partial charge in [0.15, 0.2) is 0 Å². The highest BCUT2D eigenvalue weighted by Gasteiger charge is 2.48. The largest absolute Gasteiger partial charge is 0.326 e.